The zero-order valence-electron chi connectivity index (χ0n) is 20.6. The van der Waals surface area contributed by atoms with Crippen LogP contribution in [0.1, 0.15) is 30.0 Å². The summed E-state index contributed by atoms with van der Waals surface area (Å²) < 4.78 is 26.7. The molecule has 179 valence electrons. The zero-order valence-corrected chi connectivity index (χ0v) is 23.4. The third-order valence-electron chi connectivity index (χ3n) is 5.90. The van der Waals surface area contributed by atoms with E-state index < -0.39 is 16.1 Å². The van der Waals surface area contributed by atoms with Crippen LogP contribution in [0, 0.1) is 13.8 Å². The fourth-order valence-electron chi connectivity index (χ4n) is 4.07. The molecule has 0 saturated carbocycles. The van der Waals surface area contributed by atoms with E-state index in [0.29, 0.717) is 13.0 Å². The van der Waals surface area contributed by atoms with Crippen LogP contribution in [0.4, 0.5) is 21.9 Å². The van der Waals surface area contributed by atoms with Crippen LogP contribution in [-0.4, -0.2) is 56.7 Å². The summed E-state index contributed by atoms with van der Waals surface area (Å²) in [5, 5.41) is 6.21. The van der Waals surface area contributed by atoms with Crippen molar-refractivity contribution in [2.45, 2.75) is 44.7 Å². The monoisotopic (exact) mass is 501 g/mol. The molecule has 0 aromatic heterocycles. The average molecular weight is 502 g/mol. The smallest absolute Gasteiger partial charge is 0.328 e. The van der Waals surface area contributed by atoms with Crippen LogP contribution >= 0.6 is 0 Å². The summed E-state index contributed by atoms with van der Waals surface area (Å²) >= 11 is 0. The maximum atomic E-state index is 12.3. The molecule has 9 heteroatoms. The molecule has 1 unspecified atom stereocenters. The van der Waals surface area contributed by atoms with Gasteiger partial charge in [0.05, 0.1) is 16.3 Å². The van der Waals surface area contributed by atoms with Gasteiger partial charge in [0, 0.05) is 41.8 Å². The number of fused-ring (bicyclic) bond motifs is 1. The number of urea groups is 1. The molecule has 1 heterocycles. The van der Waals surface area contributed by atoms with Gasteiger partial charge in [-0.2, -0.15) is 0 Å². The molecular formula is C26H30N4NaO3S. The summed E-state index contributed by atoms with van der Waals surface area (Å²) in [5.41, 5.74) is 6.63. The van der Waals surface area contributed by atoms with Crippen LogP contribution in [-0.2, 0) is 16.4 Å². The molecule has 0 bridgehead atoms. The Labute approximate surface area is 229 Å². The van der Waals surface area contributed by atoms with Gasteiger partial charge in [0.1, 0.15) is 6.17 Å². The second-order valence-electron chi connectivity index (χ2n) is 8.55. The Kier molecular flexibility index (Phi) is 8.88. The van der Waals surface area contributed by atoms with Crippen molar-refractivity contribution in [3.05, 3.63) is 83.4 Å². The standard InChI is InChI=1S/C26H30N4O3S.Na/c1-4-25-28-23-17-19(3)7-14-24(23)30(25)21-10-8-20(9-11-21)15-16-27-26(31)29-34(32,33)22-12-5-18(2)6-13-22;/h5-14,17,25,28H,4,15-16H2,1-3H3,(H2,27,29,31);. The maximum absolute atomic E-state index is 12.3. The number of aryl methyl sites for hydroxylation is 2. The number of hydrogen-bond donors (Lipinski definition) is 3. The third-order valence-corrected chi connectivity index (χ3v) is 7.25. The molecule has 35 heavy (non-hydrogen) atoms. The SMILES string of the molecule is CCC1Nc2cc(C)ccc2N1c1ccc(CCNC(=O)NS(=O)(=O)c2ccc(C)cc2)cc1.[Na]. The number of nitrogens with zero attached hydrogens (tertiary/aromatic N) is 1. The quantitative estimate of drug-likeness (QED) is 0.416. The van der Waals surface area contributed by atoms with Crippen molar-refractivity contribution in [3.8, 4) is 0 Å². The van der Waals surface area contributed by atoms with Crippen LogP contribution in [0.2, 0.25) is 0 Å². The van der Waals surface area contributed by atoms with Crippen LogP contribution in [0.5, 0.6) is 0 Å². The fraction of sp³-hybridized carbons (Fsp3) is 0.269. The molecule has 1 aliphatic heterocycles. The van der Waals surface area contributed by atoms with Crippen molar-refractivity contribution in [2.24, 2.45) is 0 Å². The summed E-state index contributed by atoms with van der Waals surface area (Å²) in [4.78, 5) is 14.5. The Morgan fingerprint density at radius 3 is 2.29 bits per heavy atom. The minimum absolute atomic E-state index is 0. The van der Waals surface area contributed by atoms with Crippen molar-refractivity contribution in [3.63, 3.8) is 0 Å². The van der Waals surface area contributed by atoms with E-state index in [2.05, 4.69) is 64.4 Å². The first kappa shape index (κ1) is 27.1. The molecule has 3 aromatic carbocycles. The topological polar surface area (TPSA) is 90.5 Å². The van der Waals surface area contributed by atoms with Gasteiger partial charge >= 0.3 is 6.03 Å². The fourth-order valence-corrected chi connectivity index (χ4v) is 5.00. The van der Waals surface area contributed by atoms with E-state index >= 15 is 0 Å². The van der Waals surface area contributed by atoms with E-state index in [-0.39, 0.29) is 40.6 Å². The van der Waals surface area contributed by atoms with E-state index in [4.69, 9.17) is 0 Å². The van der Waals surface area contributed by atoms with Crippen molar-refractivity contribution in [2.75, 3.05) is 16.8 Å². The molecule has 0 aliphatic carbocycles. The van der Waals surface area contributed by atoms with Crippen LogP contribution < -0.4 is 20.3 Å². The molecule has 0 fully saturated rings. The molecule has 7 nitrogen and oxygen atoms in total. The Hall–Kier alpha value is -2.52. The van der Waals surface area contributed by atoms with E-state index in [1.54, 1.807) is 12.1 Å². The van der Waals surface area contributed by atoms with Crippen LogP contribution in [0.15, 0.2) is 71.6 Å². The molecule has 2 amide bonds. The molecule has 4 rings (SSSR count). The van der Waals surface area contributed by atoms with Gasteiger partial charge in [-0.05, 0) is 74.2 Å². The number of benzene rings is 3. The van der Waals surface area contributed by atoms with Crippen molar-refractivity contribution in [1.82, 2.24) is 10.0 Å². The van der Waals surface area contributed by atoms with Gasteiger partial charge in [0.15, 0.2) is 0 Å². The minimum atomic E-state index is -3.89. The van der Waals surface area contributed by atoms with E-state index in [1.165, 1.54) is 23.4 Å². The Balaban J connectivity index is 0.00000342. The van der Waals surface area contributed by atoms with Gasteiger partial charge in [-0.25, -0.2) is 17.9 Å². The Morgan fingerprint density at radius 1 is 0.971 bits per heavy atom. The normalized spacial score (nSPS) is 14.5. The molecule has 1 atom stereocenters. The first-order chi connectivity index (χ1) is 16.3. The van der Waals surface area contributed by atoms with Crippen LogP contribution in [0.25, 0.3) is 0 Å². The van der Waals surface area contributed by atoms with Crippen molar-refractivity contribution < 1.29 is 13.2 Å². The van der Waals surface area contributed by atoms with Gasteiger partial charge in [-0.15, -0.1) is 0 Å². The Morgan fingerprint density at radius 2 is 1.63 bits per heavy atom. The summed E-state index contributed by atoms with van der Waals surface area (Å²) in [6, 6.07) is 20.3. The van der Waals surface area contributed by atoms with Gasteiger partial charge in [-0.1, -0.05) is 42.8 Å². The number of hydrogen-bond acceptors (Lipinski definition) is 5. The predicted octanol–water partition coefficient (Wildman–Crippen LogP) is 4.45. The molecule has 3 aromatic rings. The van der Waals surface area contributed by atoms with Crippen molar-refractivity contribution in [1.29, 1.82) is 0 Å². The predicted molar refractivity (Wildman–Crippen MR) is 142 cm³/mol. The number of nitrogens with one attached hydrogen (secondary N) is 3. The summed E-state index contributed by atoms with van der Waals surface area (Å²) in [5.74, 6) is 0. The first-order valence-corrected chi connectivity index (χ1v) is 12.9. The minimum Gasteiger partial charge on any atom is -0.363 e. The van der Waals surface area contributed by atoms with E-state index in [9.17, 15) is 13.2 Å². The van der Waals surface area contributed by atoms with Gasteiger partial charge in [0.2, 0.25) is 0 Å². The molecule has 0 spiro atoms. The van der Waals surface area contributed by atoms with Gasteiger partial charge < -0.3 is 15.5 Å². The second-order valence-corrected chi connectivity index (χ2v) is 10.2. The molecule has 1 radical (unpaired) electrons. The number of carbonyl (C=O) groups excluding carboxylic acids is 1. The summed E-state index contributed by atoms with van der Waals surface area (Å²) in [6.07, 6.45) is 1.74. The third kappa shape index (κ3) is 6.38. The number of amides is 2. The average Bonchev–Trinajstić information content (AvgIpc) is 3.17. The molecule has 1 aliphatic rings. The van der Waals surface area contributed by atoms with E-state index in [0.717, 1.165) is 28.9 Å². The van der Waals surface area contributed by atoms with Crippen molar-refractivity contribution >= 4 is 62.7 Å². The maximum Gasteiger partial charge on any atom is 0.328 e. The number of sulfonamides is 1. The summed E-state index contributed by atoms with van der Waals surface area (Å²) in [6.45, 7) is 6.44. The molecule has 3 N–H and O–H groups in total. The van der Waals surface area contributed by atoms with Gasteiger partial charge in [-0.3, -0.25) is 0 Å². The summed E-state index contributed by atoms with van der Waals surface area (Å²) in [7, 11) is -3.89. The number of anilines is 3. The van der Waals surface area contributed by atoms with E-state index in [1.807, 2.05) is 19.1 Å². The van der Waals surface area contributed by atoms with Gasteiger partial charge in [0.25, 0.3) is 10.0 Å². The largest absolute Gasteiger partial charge is 0.363 e. The molecule has 0 saturated heterocycles. The molecular weight excluding hydrogens is 471 g/mol. The first-order valence-electron chi connectivity index (χ1n) is 11.4. The second kappa shape index (κ2) is 11.5. The zero-order chi connectivity index (χ0) is 24.3. The number of rotatable bonds is 7. The Bertz CT molecular complexity index is 1280. The number of carbonyl (C=O) groups is 1. The van der Waals surface area contributed by atoms with Crippen LogP contribution in [0.3, 0.4) is 0 Å².